The topological polar surface area (TPSA) is 38.3 Å². The molecule has 0 saturated carbocycles. The van der Waals surface area contributed by atoms with E-state index in [2.05, 4.69) is 5.32 Å². The van der Waals surface area contributed by atoms with Gasteiger partial charge in [-0.05, 0) is 26.3 Å². The van der Waals surface area contributed by atoms with Crippen molar-refractivity contribution in [3.05, 3.63) is 0 Å². The Morgan fingerprint density at radius 3 is 3.10 bits per heavy atom. The Kier molecular flexibility index (Phi) is 2.68. The van der Waals surface area contributed by atoms with Crippen LogP contribution in [0.4, 0.5) is 0 Å². The lowest BCUT2D eigenvalue weighted by Gasteiger charge is -2.16. The molecule has 0 aromatic carbocycles. The van der Waals surface area contributed by atoms with Crippen molar-refractivity contribution in [1.82, 2.24) is 5.32 Å². The maximum absolute atomic E-state index is 9.92. The van der Waals surface area contributed by atoms with Crippen LogP contribution in [0, 0.1) is 0 Å². The summed E-state index contributed by atoms with van der Waals surface area (Å²) in [6.45, 7) is 3.49. The molecule has 3 nitrogen and oxygen atoms in total. The molecule has 1 N–H and O–H groups in total. The molecule has 1 fully saturated rings. The second-order valence-corrected chi connectivity index (χ2v) is 2.64. The van der Waals surface area contributed by atoms with Crippen molar-refractivity contribution in [2.75, 3.05) is 6.54 Å². The van der Waals surface area contributed by atoms with Gasteiger partial charge in [0.05, 0.1) is 0 Å². The van der Waals surface area contributed by atoms with Crippen molar-refractivity contribution in [1.29, 1.82) is 0 Å². The number of hydrogen-bond acceptors (Lipinski definition) is 3. The average Bonchev–Trinajstić information content (AvgIpc) is 2.38. The molecule has 1 aliphatic heterocycles. The van der Waals surface area contributed by atoms with Gasteiger partial charge in [0.2, 0.25) is 0 Å². The number of rotatable bonds is 3. The van der Waals surface area contributed by atoms with Crippen LogP contribution in [-0.2, 0) is 9.53 Å². The van der Waals surface area contributed by atoms with E-state index < -0.39 is 0 Å². The summed E-state index contributed by atoms with van der Waals surface area (Å²) in [6, 6.07) is 0.380. The Labute approximate surface area is 60.7 Å². The Morgan fingerprint density at radius 2 is 2.60 bits per heavy atom. The second kappa shape index (κ2) is 3.56. The molecule has 0 bridgehead atoms. The van der Waals surface area contributed by atoms with E-state index in [0.717, 1.165) is 13.0 Å². The van der Waals surface area contributed by atoms with Gasteiger partial charge in [-0.1, -0.05) is 0 Å². The largest absolute Gasteiger partial charge is 0.463 e. The molecular weight excluding hydrogens is 130 g/mol. The van der Waals surface area contributed by atoms with Gasteiger partial charge >= 0.3 is 0 Å². The second-order valence-electron chi connectivity index (χ2n) is 2.64. The molecule has 0 amide bonds. The first-order valence-electron chi connectivity index (χ1n) is 3.67. The molecule has 58 valence electrons. The third-order valence-corrected chi connectivity index (χ3v) is 1.94. The molecule has 0 spiro atoms. The zero-order valence-electron chi connectivity index (χ0n) is 6.17. The number of carbonyl (C=O) groups excluding carboxylic acids is 1. The molecule has 3 heteroatoms. The first-order chi connectivity index (χ1) is 4.84. The molecule has 1 saturated heterocycles. The fraction of sp³-hybridized carbons (Fsp3) is 0.857. The minimum Gasteiger partial charge on any atom is -0.463 e. The number of carbonyl (C=O) groups is 1. The van der Waals surface area contributed by atoms with Gasteiger partial charge in [0, 0.05) is 6.04 Å². The van der Waals surface area contributed by atoms with Gasteiger partial charge in [-0.3, -0.25) is 4.79 Å². The predicted molar refractivity (Wildman–Crippen MR) is 37.6 cm³/mol. The highest BCUT2D eigenvalue weighted by atomic mass is 16.5. The monoisotopic (exact) mass is 143 g/mol. The third kappa shape index (κ3) is 1.70. The Bertz CT molecular complexity index is 110. The predicted octanol–water partition coefficient (Wildman–Crippen LogP) is 0.300. The van der Waals surface area contributed by atoms with Crippen LogP contribution < -0.4 is 5.32 Å². The molecule has 0 aromatic rings. The maximum atomic E-state index is 9.92. The van der Waals surface area contributed by atoms with Gasteiger partial charge in [-0.2, -0.15) is 0 Å². The van der Waals surface area contributed by atoms with Crippen molar-refractivity contribution in [2.45, 2.75) is 31.9 Å². The zero-order valence-corrected chi connectivity index (χ0v) is 6.17. The summed E-state index contributed by atoms with van der Waals surface area (Å²) in [5.41, 5.74) is 0. The van der Waals surface area contributed by atoms with E-state index in [9.17, 15) is 4.79 Å². The first kappa shape index (κ1) is 7.54. The van der Waals surface area contributed by atoms with E-state index in [4.69, 9.17) is 4.74 Å². The quantitative estimate of drug-likeness (QED) is 0.577. The summed E-state index contributed by atoms with van der Waals surface area (Å²) in [6.07, 6.45) is 2.34. The summed E-state index contributed by atoms with van der Waals surface area (Å²) >= 11 is 0. The van der Waals surface area contributed by atoms with Crippen molar-refractivity contribution in [3.8, 4) is 0 Å². The van der Waals surface area contributed by atoms with Crippen LogP contribution in [0.25, 0.3) is 0 Å². The molecule has 1 rings (SSSR count). The van der Waals surface area contributed by atoms with E-state index >= 15 is 0 Å². The van der Waals surface area contributed by atoms with Crippen LogP contribution in [0.3, 0.4) is 0 Å². The van der Waals surface area contributed by atoms with Crippen LogP contribution in [0.2, 0.25) is 0 Å². The Morgan fingerprint density at radius 1 is 1.80 bits per heavy atom. The molecule has 0 aliphatic carbocycles. The molecule has 10 heavy (non-hydrogen) atoms. The lowest BCUT2D eigenvalue weighted by Crippen LogP contribution is -2.34. The fourth-order valence-corrected chi connectivity index (χ4v) is 1.29. The van der Waals surface area contributed by atoms with Gasteiger partial charge in [0.15, 0.2) is 0 Å². The summed E-state index contributed by atoms with van der Waals surface area (Å²) in [5.74, 6) is 0. The summed E-state index contributed by atoms with van der Waals surface area (Å²) in [4.78, 5) is 9.92. The molecule has 1 unspecified atom stereocenters. The number of nitrogens with one attached hydrogen (secondary N) is 1. The molecule has 2 atom stereocenters. The lowest BCUT2D eigenvalue weighted by atomic mass is 10.1. The van der Waals surface area contributed by atoms with Crippen LogP contribution in [0.1, 0.15) is 19.8 Å². The molecule has 0 aromatic heterocycles. The standard InChI is InChI=1S/C7H13NO2/c1-6(10-5-9)7-3-2-4-8-7/h5-8H,2-4H2,1H3/t6?,7-/m0/s1. The summed E-state index contributed by atoms with van der Waals surface area (Å²) in [5, 5.41) is 3.26. The lowest BCUT2D eigenvalue weighted by molar-refractivity contribution is -0.133. The summed E-state index contributed by atoms with van der Waals surface area (Å²) < 4.78 is 4.78. The SMILES string of the molecule is CC(OC=O)[C@@H]1CCCN1. The maximum Gasteiger partial charge on any atom is 0.293 e. The van der Waals surface area contributed by atoms with Crippen molar-refractivity contribution in [2.24, 2.45) is 0 Å². The van der Waals surface area contributed by atoms with E-state index in [-0.39, 0.29) is 6.10 Å². The molecule has 0 radical (unpaired) electrons. The van der Waals surface area contributed by atoms with Crippen molar-refractivity contribution < 1.29 is 9.53 Å². The molecule has 1 aliphatic rings. The Hall–Kier alpha value is -0.570. The van der Waals surface area contributed by atoms with E-state index in [1.165, 1.54) is 6.42 Å². The van der Waals surface area contributed by atoms with E-state index in [1.54, 1.807) is 0 Å². The minimum atomic E-state index is 0.0278. The van der Waals surface area contributed by atoms with Crippen LogP contribution in [0.15, 0.2) is 0 Å². The Balaban J connectivity index is 2.24. The minimum absolute atomic E-state index is 0.0278. The van der Waals surface area contributed by atoms with E-state index in [0.29, 0.717) is 12.5 Å². The molecular formula is C7H13NO2. The summed E-state index contributed by atoms with van der Waals surface area (Å²) in [7, 11) is 0. The van der Waals surface area contributed by atoms with Crippen molar-refractivity contribution >= 4 is 6.47 Å². The fourth-order valence-electron chi connectivity index (χ4n) is 1.29. The highest BCUT2D eigenvalue weighted by Gasteiger charge is 2.21. The van der Waals surface area contributed by atoms with Crippen LogP contribution in [-0.4, -0.2) is 25.2 Å². The third-order valence-electron chi connectivity index (χ3n) is 1.94. The van der Waals surface area contributed by atoms with Gasteiger partial charge in [0.1, 0.15) is 6.10 Å². The van der Waals surface area contributed by atoms with Gasteiger partial charge in [0.25, 0.3) is 6.47 Å². The number of hydrogen-bond donors (Lipinski definition) is 1. The highest BCUT2D eigenvalue weighted by molar-refractivity contribution is 5.37. The van der Waals surface area contributed by atoms with E-state index in [1.807, 2.05) is 6.92 Å². The number of ether oxygens (including phenoxy) is 1. The molecule has 1 heterocycles. The first-order valence-corrected chi connectivity index (χ1v) is 3.67. The van der Waals surface area contributed by atoms with Crippen LogP contribution in [0.5, 0.6) is 0 Å². The van der Waals surface area contributed by atoms with Gasteiger partial charge in [-0.25, -0.2) is 0 Å². The normalized spacial score (nSPS) is 27.9. The average molecular weight is 143 g/mol. The zero-order chi connectivity index (χ0) is 7.40. The van der Waals surface area contributed by atoms with Crippen LogP contribution >= 0.6 is 0 Å². The van der Waals surface area contributed by atoms with Gasteiger partial charge in [-0.15, -0.1) is 0 Å². The highest BCUT2D eigenvalue weighted by Crippen LogP contribution is 2.10. The van der Waals surface area contributed by atoms with Crippen molar-refractivity contribution in [3.63, 3.8) is 0 Å². The van der Waals surface area contributed by atoms with Gasteiger partial charge < -0.3 is 10.1 Å². The smallest absolute Gasteiger partial charge is 0.293 e.